The maximum absolute atomic E-state index is 16.4. The lowest BCUT2D eigenvalue weighted by molar-refractivity contribution is -0.151. The maximum Gasteiger partial charge on any atom is 0.266 e. The van der Waals surface area contributed by atoms with Crippen LogP contribution in [0.3, 0.4) is 0 Å². The monoisotopic (exact) mass is 1080 g/mol. The van der Waals surface area contributed by atoms with E-state index in [0.717, 1.165) is 21.9 Å². The van der Waals surface area contributed by atoms with Crippen molar-refractivity contribution in [1.82, 2.24) is 4.90 Å². The predicted octanol–water partition coefficient (Wildman–Crippen LogP) is 12.0. The van der Waals surface area contributed by atoms with E-state index in [1.165, 1.54) is 0 Å². The van der Waals surface area contributed by atoms with Crippen molar-refractivity contribution in [2.75, 3.05) is 28.4 Å². The van der Waals surface area contributed by atoms with Gasteiger partial charge in [-0.3, -0.25) is 29.0 Å². The van der Waals surface area contributed by atoms with Crippen LogP contribution in [0, 0.1) is 5.92 Å². The second kappa shape index (κ2) is 19.8. The van der Waals surface area contributed by atoms with Crippen LogP contribution in [-0.2, 0) is 39.4 Å². The molecule has 13 nitrogen and oxygen atoms in total. The average Bonchev–Trinajstić information content (AvgIpc) is 3.98. The number of hydrogen-bond acceptors (Lipinski definition) is 9. The van der Waals surface area contributed by atoms with Crippen LogP contribution >= 0.6 is 0 Å². The fourth-order valence-electron chi connectivity index (χ4n) is 13.2. The van der Waals surface area contributed by atoms with E-state index in [1.54, 1.807) is 51.0 Å². The summed E-state index contributed by atoms with van der Waals surface area (Å²) >= 11 is 0. The number of carbonyl (C=O) groups is 4. The number of aliphatic hydroxyl groups excluding tert-OH is 1. The Labute approximate surface area is 465 Å². The molecule has 1 N–H and O–H groups in total. The highest BCUT2D eigenvalue weighted by Crippen LogP contribution is 2.61. The molecule has 0 saturated carbocycles. The first kappa shape index (κ1) is 50.7. The summed E-state index contributed by atoms with van der Waals surface area (Å²) in [6.45, 7) is 6.91. The van der Waals surface area contributed by atoms with Crippen LogP contribution in [0.4, 0.5) is 28.4 Å². The van der Waals surface area contributed by atoms with Crippen LogP contribution in [0.1, 0.15) is 56.3 Å². The third kappa shape index (κ3) is 8.19. The molecule has 14 heteroatoms. The zero-order chi connectivity index (χ0) is 55.0. The number of ether oxygens (including phenoxy) is 4. The molecule has 0 bridgehead atoms. The van der Waals surface area contributed by atoms with E-state index in [1.807, 2.05) is 146 Å². The lowest BCUT2D eigenvalue weighted by Crippen LogP contribution is -2.52. The molecule has 1 saturated heterocycles. The molecule has 5 aliphatic heterocycles. The van der Waals surface area contributed by atoms with Gasteiger partial charge in [0.2, 0.25) is 5.91 Å². The van der Waals surface area contributed by atoms with Crippen LogP contribution in [0.25, 0.3) is 0 Å². The fraction of sp³-hybridized carbons (Fsp3) is 0.212. The molecule has 13 rings (SSSR count). The molecule has 5 heterocycles. The largest absolute Gasteiger partial charge is 0.497 e. The Hall–Kier alpha value is -8.82. The molecule has 4 amide bonds. The Kier molecular flexibility index (Phi) is 12.6. The molecule has 8 aromatic carbocycles. The Bertz CT molecular complexity index is 3790. The van der Waals surface area contributed by atoms with Crippen LogP contribution in [-0.4, -0.2) is 67.6 Å². The number of benzene rings is 8. The minimum atomic E-state index is -2.77. The number of rotatable bonds is 10. The van der Waals surface area contributed by atoms with Crippen LogP contribution in [0.5, 0.6) is 28.7 Å². The molecular weight excluding hydrogens is 1020 g/mol. The molecule has 8 aromatic rings. The Morgan fingerprint density at radius 3 is 1.81 bits per heavy atom. The van der Waals surface area contributed by atoms with Gasteiger partial charge in [-0.2, -0.15) is 0 Å². The highest BCUT2D eigenvalue weighted by molar-refractivity contribution is 6.91. The van der Waals surface area contributed by atoms with Gasteiger partial charge in [0.1, 0.15) is 17.2 Å². The minimum absolute atomic E-state index is 0.0360. The molecule has 5 atom stereocenters. The van der Waals surface area contributed by atoms with Gasteiger partial charge in [0.15, 0.2) is 17.1 Å². The van der Waals surface area contributed by atoms with E-state index in [2.05, 4.69) is 38.2 Å². The van der Waals surface area contributed by atoms with Gasteiger partial charge in [-0.25, -0.2) is 0 Å². The standard InChI is InChI=1S/C66H58N4O9Si/c1-41-62(80(3,4)49-32-30-48(76-2)31-33-49)60(37-61(72)67-39-44-16-6-5-15-43(44)35-47(67)40-71)79-66(41)52-36-46(70-55-20-10-14-24-59(55)78-57-22-12-8-18-51(57)64(70)74)29-34-53(52)68(65(66)75)38-42-25-27-45(28-26-42)69-54-19-9-13-23-58(54)77-56-21-11-7-17-50(56)63(69)73/h5-34,36,41,47,60,62,71H,35,37-40H2,1-4H3/t41-,47+,60+,62-,66+/m1/s1. The highest BCUT2D eigenvalue weighted by Gasteiger charge is 2.67. The normalized spacial score (nSPS) is 20.8. The lowest BCUT2D eigenvalue weighted by Gasteiger charge is -2.39. The van der Waals surface area contributed by atoms with Gasteiger partial charge in [0, 0.05) is 29.4 Å². The van der Waals surface area contributed by atoms with Gasteiger partial charge < -0.3 is 33.9 Å². The molecule has 0 aromatic heterocycles. The number of hydrogen-bond donors (Lipinski definition) is 1. The summed E-state index contributed by atoms with van der Waals surface area (Å²) in [6, 6.07) is 58.2. The van der Waals surface area contributed by atoms with E-state index in [-0.39, 0.29) is 48.7 Å². The first-order chi connectivity index (χ1) is 38.9. The van der Waals surface area contributed by atoms with Crippen molar-refractivity contribution in [2.24, 2.45) is 5.92 Å². The van der Waals surface area contributed by atoms with Gasteiger partial charge in [-0.05, 0) is 120 Å². The number of aliphatic hydroxyl groups is 1. The van der Waals surface area contributed by atoms with E-state index in [0.29, 0.717) is 86.8 Å². The Morgan fingerprint density at radius 2 is 1.20 bits per heavy atom. The zero-order valence-corrected chi connectivity index (χ0v) is 45.7. The summed E-state index contributed by atoms with van der Waals surface area (Å²) in [4.78, 5) is 67.9. The van der Waals surface area contributed by atoms with Crippen LogP contribution in [0.2, 0.25) is 18.6 Å². The molecular formula is C66H58N4O9Si. The number of methoxy groups -OCH3 is 1. The summed E-state index contributed by atoms with van der Waals surface area (Å²) in [5, 5.41) is 11.9. The van der Waals surface area contributed by atoms with E-state index in [4.69, 9.17) is 18.9 Å². The number of carbonyl (C=O) groups excluding carboxylic acids is 4. The second-order valence-electron chi connectivity index (χ2n) is 21.9. The third-order valence-corrected chi connectivity index (χ3v) is 21.5. The number of nitrogens with zero attached hydrogens (tertiary/aromatic N) is 4. The van der Waals surface area contributed by atoms with Crippen molar-refractivity contribution in [2.45, 2.75) is 69.2 Å². The van der Waals surface area contributed by atoms with Crippen molar-refractivity contribution < 1.29 is 43.2 Å². The molecule has 1 spiro atoms. The topological polar surface area (TPSA) is 138 Å². The third-order valence-electron chi connectivity index (χ3n) is 17.2. The highest BCUT2D eigenvalue weighted by atomic mass is 28.3. The van der Waals surface area contributed by atoms with Crippen molar-refractivity contribution in [3.63, 3.8) is 0 Å². The zero-order valence-electron chi connectivity index (χ0n) is 44.7. The summed E-state index contributed by atoms with van der Waals surface area (Å²) < 4.78 is 26.0. The average molecular weight is 1080 g/mol. The van der Waals surface area contributed by atoms with E-state index >= 15 is 14.4 Å². The van der Waals surface area contributed by atoms with Crippen molar-refractivity contribution in [1.29, 1.82) is 0 Å². The predicted molar refractivity (Wildman–Crippen MR) is 309 cm³/mol. The lowest BCUT2D eigenvalue weighted by atomic mass is 9.82. The van der Waals surface area contributed by atoms with Crippen molar-refractivity contribution in [3.8, 4) is 28.7 Å². The molecule has 0 aliphatic carbocycles. The quantitative estimate of drug-likeness (QED) is 0.133. The molecule has 5 aliphatic rings. The number of para-hydroxylation sites is 6. The maximum atomic E-state index is 16.4. The molecule has 0 unspecified atom stereocenters. The molecule has 0 radical (unpaired) electrons. The van der Waals surface area contributed by atoms with Gasteiger partial charge in [0.25, 0.3) is 17.7 Å². The number of anilines is 5. The Morgan fingerprint density at radius 1 is 0.650 bits per heavy atom. The summed E-state index contributed by atoms with van der Waals surface area (Å²) in [5.74, 6) is 1.12. The fourth-order valence-corrected chi connectivity index (χ4v) is 17.2. The smallest absolute Gasteiger partial charge is 0.266 e. The van der Waals surface area contributed by atoms with Crippen molar-refractivity contribution in [3.05, 3.63) is 221 Å². The molecule has 400 valence electrons. The summed E-state index contributed by atoms with van der Waals surface area (Å²) in [7, 11) is -1.13. The summed E-state index contributed by atoms with van der Waals surface area (Å²) in [6.07, 6.45) is -0.269. The molecule has 80 heavy (non-hydrogen) atoms. The van der Waals surface area contributed by atoms with Gasteiger partial charge >= 0.3 is 0 Å². The molecule has 1 fully saturated rings. The van der Waals surface area contributed by atoms with E-state index in [9.17, 15) is 9.90 Å². The SMILES string of the molecule is COc1ccc([Si](C)(C)[C@H]2[C@H](CC(=O)N3Cc4ccccc4C[C@H]3CO)O[C@@]3(C(=O)N(Cc4ccc(N5C(=O)c6ccccc6Oc6ccccc65)cc4)c4ccc(N5C(=O)c6ccccc6Oc6ccccc65)cc43)[C@@H]2C)cc1. The van der Waals surface area contributed by atoms with Crippen LogP contribution < -0.4 is 34.1 Å². The minimum Gasteiger partial charge on any atom is -0.497 e. The first-order valence-electron chi connectivity index (χ1n) is 27.1. The first-order valence-corrected chi connectivity index (χ1v) is 30.2. The van der Waals surface area contributed by atoms with Gasteiger partial charge in [0.05, 0.1) is 75.1 Å². The van der Waals surface area contributed by atoms with Gasteiger partial charge in [-0.15, -0.1) is 0 Å². The number of amides is 4. The van der Waals surface area contributed by atoms with Gasteiger partial charge in [-0.1, -0.05) is 122 Å². The van der Waals surface area contributed by atoms with Crippen LogP contribution in [0.15, 0.2) is 188 Å². The number of fused-ring (bicyclic) bond motifs is 7. The summed E-state index contributed by atoms with van der Waals surface area (Å²) in [5.41, 5.74) is 5.20. The van der Waals surface area contributed by atoms with E-state index < -0.39 is 31.7 Å². The second-order valence-corrected chi connectivity index (χ2v) is 26.6. The Balaban J connectivity index is 0.933. The van der Waals surface area contributed by atoms with Crippen molar-refractivity contribution >= 4 is 65.3 Å².